The summed E-state index contributed by atoms with van der Waals surface area (Å²) in [5.41, 5.74) is -0.680. The van der Waals surface area contributed by atoms with Crippen molar-refractivity contribution in [2.45, 2.75) is 103 Å². The molecule has 0 aliphatic rings. The van der Waals surface area contributed by atoms with Crippen LogP contribution in [0, 0.1) is 0 Å². The van der Waals surface area contributed by atoms with Crippen LogP contribution in [0.25, 0.3) is 0 Å². The minimum Gasteiger partial charge on any atom is -0.454 e. The molecular formula is C18H35ClO2. The van der Waals surface area contributed by atoms with E-state index in [-0.39, 0.29) is 0 Å². The van der Waals surface area contributed by atoms with Crippen LogP contribution in [0.3, 0.4) is 0 Å². The van der Waals surface area contributed by atoms with Crippen LogP contribution >= 0.6 is 11.6 Å². The molecule has 0 aliphatic carbocycles. The molecule has 0 bridgehead atoms. The van der Waals surface area contributed by atoms with E-state index in [2.05, 4.69) is 11.7 Å². The lowest BCUT2D eigenvalue weighted by atomic mass is 10.0. The van der Waals surface area contributed by atoms with Gasteiger partial charge in [0.15, 0.2) is 0 Å². The van der Waals surface area contributed by atoms with Gasteiger partial charge in [-0.3, -0.25) is 0 Å². The molecule has 0 radical (unpaired) electrons. The molecule has 0 aromatic rings. The van der Waals surface area contributed by atoms with Crippen LogP contribution in [-0.2, 0) is 4.74 Å². The average molecular weight is 319 g/mol. The first kappa shape index (κ1) is 20.8. The fraction of sp³-hybridized carbons (Fsp3) is 0.944. The zero-order valence-electron chi connectivity index (χ0n) is 14.0. The molecule has 3 heteroatoms. The molecule has 0 spiro atoms. The maximum absolute atomic E-state index is 10.3. The molecule has 0 unspecified atom stereocenters. The van der Waals surface area contributed by atoms with Crippen molar-refractivity contribution in [2.75, 3.05) is 6.61 Å². The Balaban J connectivity index is 2.95. The minimum atomic E-state index is -0.680. The molecule has 0 rings (SSSR count). The molecule has 0 saturated carbocycles. The molecule has 0 saturated heterocycles. The molecule has 0 fully saturated rings. The summed E-state index contributed by atoms with van der Waals surface area (Å²) >= 11 is 5.08. The molecule has 0 aromatic heterocycles. The number of halogens is 1. The van der Waals surface area contributed by atoms with Gasteiger partial charge in [-0.15, -0.1) is 0 Å². The Labute approximate surface area is 137 Å². The number of rotatable bonds is 16. The molecular weight excluding hydrogens is 284 g/mol. The molecule has 21 heavy (non-hydrogen) atoms. The van der Waals surface area contributed by atoms with Gasteiger partial charge in [0.2, 0.25) is 0 Å². The van der Waals surface area contributed by atoms with Crippen LogP contribution in [0.4, 0.5) is 4.79 Å². The summed E-state index contributed by atoms with van der Waals surface area (Å²) in [6.45, 7) is 2.75. The van der Waals surface area contributed by atoms with Crippen molar-refractivity contribution in [3.63, 3.8) is 0 Å². The Morgan fingerprint density at radius 1 is 0.667 bits per heavy atom. The Bertz CT molecular complexity index is 219. The number of hydrogen-bond acceptors (Lipinski definition) is 2. The Hall–Kier alpha value is -0.240. The van der Waals surface area contributed by atoms with Crippen LogP contribution in [0.1, 0.15) is 103 Å². The standard InChI is InChI=1S/C18H35ClO2/c1-2-3-4-5-6-7-8-9-10-11-12-13-14-15-16-17-21-18(19)20/h2-17H2,1H3. The monoisotopic (exact) mass is 318 g/mol. The zero-order valence-corrected chi connectivity index (χ0v) is 14.8. The number of unbranched alkanes of at least 4 members (excludes halogenated alkanes) is 14. The second-order valence-corrected chi connectivity index (χ2v) is 6.34. The minimum absolute atomic E-state index is 0.473. The lowest BCUT2D eigenvalue weighted by molar-refractivity contribution is 0.170. The number of ether oxygens (including phenoxy) is 1. The third-order valence-corrected chi connectivity index (χ3v) is 4.07. The highest BCUT2D eigenvalue weighted by Gasteiger charge is 1.96. The molecule has 0 amide bonds. The van der Waals surface area contributed by atoms with E-state index in [9.17, 15) is 4.79 Å². The molecule has 0 aliphatic heterocycles. The Kier molecular flexibility index (Phi) is 17.6. The quantitative estimate of drug-likeness (QED) is 0.221. The van der Waals surface area contributed by atoms with E-state index in [1.807, 2.05) is 0 Å². The largest absolute Gasteiger partial charge is 0.454 e. The van der Waals surface area contributed by atoms with Gasteiger partial charge in [-0.2, -0.15) is 0 Å². The van der Waals surface area contributed by atoms with Crippen molar-refractivity contribution in [2.24, 2.45) is 0 Å². The summed E-state index contributed by atoms with van der Waals surface area (Å²) in [6, 6.07) is 0. The predicted octanol–water partition coefficient (Wildman–Crippen LogP) is 7.23. The van der Waals surface area contributed by atoms with Crippen LogP contribution in [0.15, 0.2) is 0 Å². The highest BCUT2D eigenvalue weighted by atomic mass is 35.5. The van der Waals surface area contributed by atoms with Gasteiger partial charge >= 0.3 is 5.43 Å². The topological polar surface area (TPSA) is 26.3 Å². The summed E-state index contributed by atoms with van der Waals surface area (Å²) in [6.07, 6.45) is 20.1. The van der Waals surface area contributed by atoms with Crippen LogP contribution < -0.4 is 0 Å². The van der Waals surface area contributed by atoms with Crippen molar-refractivity contribution in [1.29, 1.82) is 0 Å². The second kappa shape index (κ2) is 17.8. The average Bonchev–Trinajstić information content (AvgIpc) is 2.46. The smallest absolute Gasteiger partial charge is 0.403 e. The highest BCUT2D eigenvalue weighted by Crippen LogP contribution is 2.13. The fourth-order valence-corrected chi connectivity index (χ4v) is 2.70. The number of carbonyl (C=O) groups is 1. The number of hydrogen-bond donors (Lipinski definition) is 0. The molecule has 0 N–H and O–H groups in total. The summed E-state index contributed by atoms with van der Waals surface area (Å²) in [5.74, 6) is 0. The highest BCUT2D eigenvalue weighted by molar-refractivity contribution is 6.61. The fourth-order valence-electron chi connectivity index (χ4n) is 2.63. The third-order valence-electron chi connectivity index (χ3n) is 3.96. The van der Waals surface area contributed by atoms with Gasteiger partial charge in [-0.1, -0.05) is 96.8 Å². The van der Waals surface area contributed by atoms with Crippen molar-refractivity contribution in [3.8, 4) is 0 Å². The summed E-state index contributed by atoms with van der Waals surface area (Å²) in [5, 5.41) is 0. The molecule has 2 nitrogen and oxygen atoms in total. The number of carbonyl (C=O) groups excluding carboxylic acids is 1. The maximum atomic E-state index is 10.3. The van der Waals surface area contributed by atoms with Crippen LogP contribution in [0.5, 0.6) is 0 Å². The molecule has 0 atom stereocenters. The lowest BCUT2D eigenvalue weighted by Gasteiger charge is -2.03. The van der Waals surface area contributed by atoms with Crippen LogP contribution in [0.2, 0.25) is 0 Å². The van der Waals surface area contributed by atoms with Gasteiger partial charge in [0.05, 0.1) is 6.61 Å². The zero-order chi connectivity index (χ0) is 15.6. The van der Waals surface area contributed by atoms with Gasteiger partial charge in [0.1, 0.15) is 0 Å². The normalized spacial score (nSPS) is 10.8. The van der Waals surface area contributed by atoms with Crippen LogP contribution in [-0.4, -0.2) is 12.0 Å². The summed E-state index contributed by atoms with van der Waals surface area (Å²) in [4.78, 5) is 10.3. The second-order valence-electron chi connectivity index (χ2n) is 6.04. The van der Waals surface area contributed by atoms with Crippen molar-refractivity contribution >= 4 is 17.0 Å². The van der Waals surface area contributed by atoms with E-state index in [0.717, 1.165) is 12.8 Å². The summed E-state index contributed by atoms with van der Waals surface area (Å²) < 4.78 is 4.68. The van der Waals surface area contributed by atoms with E-state index < -0.39 is 5.43 Å². The molecule has 0 aromatic carbocycles. The van der Waals surface area contributed by atoms with E-state index in [1.54, 1.807) is 0 Å². The maximum Gasteiger partial charge on any atom is 0.403 e. The Morgan fingerprint density at radius 2 is 1.00 bits per heavy atom. The SMILES string of the molecule is CCCCCCCCCCCCCCCCCOC(=O)Cl. The molecule has 0 heterocycles. The predicted molar refractivity (Wildman–Crippen MR) is 92.1 cm³/mol. The van der Waals surface area contributed by atoms with Crippen molar-refractivity contribution in [3.05, 3.63) is 0 Å². The molecule has 126 valence electrons. The van der Waals surface area contributed by atoms with Crippen molar-refractivity contribution < 1.29 is 9.53 Å². The summed E-state index contributed by atoms with van der Waals surface area (Å²) in [7, 11) is 0. The third kappa shape index (κ3) is 19.8. The van der Waals surface area contributed by atoms with E-state index in [4.69, 9.17) is 11.6 Å². The first-order valence-corrected chi connectivity index (χ1v) is 9.47. The first-order chi connectivity index (χ1) is 10.3. The Morgan fingerprint density at radius 3 is 1.33 bits per heavy atom. The van der Waals surface area contributed by atoms with Crippen molar-refractivity contribution in [1.82, 2.24) is 0 Å². The first-order valence-electron chi connectivity index (χ1n) is 9.09. The van der Waals surface area contributed by atoms with E-state index >= 15 is 0 Å². The van der Waals surface area contributed by atoms with Gasteiger partial charge in [0.25, 0.3) is 0 Å². The van der Waals surface area contributed by atoms with Gasteiger partial charge in [-0.05, 0) is 6.42 Å². The van der Waals surface area contributed by atoms with E-state index in [0.29, 0.717) is 6.61 Å². The van der Waals surface area contributed by atoms with Gasteiger partial charge < -0.3 is 4.74 Å². The van der Waals surface area contributed by atoms with E-state index in [1.165, 1.54) is 83.5 Å². The lowest BCUT2D eigenvalue weighted by Crippen LogP contribution is -1.96. The van der Waals surface area contributed by atoms with Gasteiger partial charge in [0, 0.05) is 11.6 Å². The van der Waals surface area contributed by atoms with Gasteiger partial charge in [-0.25, -0.2) is 4.79 Å².